The van der Waals surface area contributed by atoms with Gasteiger partial charge in [0, 0.05) is 18.7 Å². The van der Waals surface area contributed by atoms with E-state index in [-0.39, 0.29) is 0 Å². The van der Waals surface area contributed by atoms with Gasteiger partial charge in [-0.25, -0.2) is 4.98 Å². The zero-order chi connectivity index (χ0) is 9.80. The van der Waals surface area contributed by atoms with E-state index < -0.39 is 0 Å². The molecule has 2 aromatic rings. The summed E-state index contributed by atoms with van der Waals surface area (Å²) in [6.07, 6.45) is 3.85. The van der Waals surface area contributed by atoms with Crippen molar-refractivity contribution in [2.24, 2.45) is 0 Å². The molecule has 2 rings (SSSR count). The summed E-state index contributed by atoms with van der Waals surface area (Å²) in [5.74, 6) is 0. The summed E-state index contributed by atoms with van der Waals surface area (Å²) in [4.78, 5) is 5.26. The number of ether oxygens (including phenoxy) is 2. The van der Waals surface area contributed by atoms with Crippen LogP contribution in [0.15, 0.2) is 17.8 Å². The highest BCUT2D eigenvalue weighted by Gasteiger charge is 2.02. The molecule has 0 aliphatic heterocycles. The third kappa shape index (κ3) is 1.95. The summed E-state index contributed by atoms with van der Waals surface area (Å²) in [5.41, 5.74) is 1.08. The van der Waals surface area contributed by atoms with E-state index >= 15 is 0 Å². The predicted molar refractivity (Wildman–Crippen MR) is 54.6 cm³/mol. The number of hydrogen-bond acceptors (Lipinski definition) is 4. The summed E-state index contributed by atoms with van der Waals surface area (Å²) < 4.78 is 12.3. The fraction of sp³-hybridized carbons (Fsp3) is 0.444. The van der Waals surface area contributed by atoms with Crippen LogP contribution >= 0.6 is 11.3 Å². The molecule has 0 saturated heterocycles. The Morgan fingerprint density at radius 1 is 1.50 bits per heavy atom. The first-order valence-electron chi connectivity index (χ1n) is 4.38. The zero-order valence-corrected chi connectivity index (χ0v) is 8.79. The first-order chi connectivity index (χ1) is 6.92. The number of nitrogens with zero attached hydrogens (tertiary/aromatic N) is 2. The van der Waals surface area contributed by atoms with Gasteiger partial charge in [0.2, 0.25) is 0 Å². The molecular weight excluding hydrogens is 200 g/mol. The number of aromatic nitrogens is 2. The van der Waals surface area contributed by atoms with Crippen LogP contribution in [-0.2, 0) is 16.1 Å². The fourth-order valence-corrected chi connectivity index (χ4v) is 1.91. The van der Waals surface area contributed by atoms with E-state index in [4.69, 9.17) is 9.47 Å². The van der Waals surface area contributed by atoms with Gasteiger partial charge in [-0.2, -0.15) is 0 Å². The predicted octanol–water partition coefficient (Wildman–Crippen LogP) is 1.56. The molecule has 0 bridgehead atoms. The van der Waals surface area contributed by atoms with Gasteiger partial charge in [-0.05, 0) is 0 Å². The number of imidazole rings is 1. The van der Waals surface area contributed by atoms with Crippen LogP contribution in [0, 0.1) is 0 Å². The highest BCUT2D eigenvalue weighted by molar-refractivity contribution is 7.15. The molecule has 2 aromatic heterocycles. The van der Waals surface area contributed by atoms with Gasteiger partial charge >= 0.3 is 0 Å². The summed E-state index contributed by atoms with van der Waals surface area (Å²) in [7, 11) is 1.67. The average molecular weight is 212 g/mol. The topological polar surface area (TPSA) is 35.8 Å². The largest absolute Gasteiger partial charge is 0.382 e. The van der Waals surface area contributed by atoms with E-state index in [0.717, 1.165) is 10.7 Å². The third-order valence-corrected chi connectivity index (χ3v) is 2.68. The first-order valence-corrected chi connectivity index (χ1v) is 5.26. The van der Waals surface area contributed by atoms with Gasteiger partial charge in [0.15, 0.2) is 4.96 Å². The number of hydrogen-bond donors (Lipinski definition) is 0. The lowest BCUT2D eigenvalue weighted by molar-refractivity contribution is 0.0599. The lowest BCUT2D eigenvalue weighted by Gasteiger charge is -2.01. The van der Waals surface area contributed by atoms with Crippen molar-refractivity contribution in [3.8, 4) is 0 Å². The van der Waals surface area contributed by atoms with Crippen LogP contribution in [0.25, 0.3) is 4.96 Å². The molecule has 2 heterocycles. The third-order valence-electron chi connectivity index (χ3n) is 1.90. The average Bonchev–Trinajstić information content (AvgIpc) is 2.75. The molecular formula is C9H12N2O2S. The molecule has 0 saturated carbocycles. The molecule has 0 N–H and O–H groups in total. The Morgan fingerprint density at radius 2 is 2.43 bits per heavy atom. The van der Waals surface area contributed by atoms with Crippen LogP contribution in [0.1, 0.15) is 5.69 Å². The van der Waals surface area contributed by atoms with Gasteiger partial charge in [0.25, 0.3) is 0 Å². The van der Waals surface area contributed by atoms with Crippen LogP contribution in [-0.4, -0.2) is 29.7 Å². The maximum atomic E-state index is 5.41. The second-order valence-corrected chi connectivity index (χ2v) is 3.72. The molecule has 14 heavy (non-hydrogen) atoms. The molecule has 0 aliphatic carbocycles. The highest BCUT2D eigenvalue weighted by Crippen LogP contribution is 2.12. The minimum absolute atomic E-state index is 0.585. The van der Waals surface area contributed by atoms with Crippen molar-refractivity contribution in [1.82, 2.24) is 9.38 Å². The number of rotatable bonds is 5. The fourth-order valence-electron chi connectivity index (χ4n) is 1.20. The van der Waals surface area contributed by atoms with E-state index in [1.165, 1.54) is 0 Å². The highest BCUT2D eigenvalue weighted by atomic mass is 32.1. The molecule has 0 fully saturated rings. The molecule has 0 spiro atoms. The quantitative estimate of drug-likeness (QED) is 0.706. The number of fused-ring (bicyclic) bond motifs is 1. The summed E-state index contributed by atoms with van der Waals surface area (Å²) in [6, 6.07) is 0. The van der Waals surface area contributed by atoms with Gasteiger partial charge in [-0.3, -0.25) is 4.40 Å². The van der Waals surface area contributed by atoms with Gasteiger partial charge in [0.05, 0.1) is 31.7 Å². The van der Waals surface area contributed by atoms with Gasteiger partial charge in [-0.15, -0.1) is 11.3 Å². The smallest absolute Gasteiger partial charge is 0.193 e. The second kappa shape index (κ2) is 4.54. The van der Waals surface area contributed by atoms with Crippen molar-refractivity contribution in [3.63, 3.8) is 0 Å². The molecule has 0 amide bonds. The van der Waals surface area contributed by atoms with Crippen molar-refractivity contribution in [1.29, 1.82) is 0 Å². The lowest BCUT2D eigenvalue weighted by atomic mass is 10.5. The van der Waals surface area contributed by atoms with Crippen LogP contribution in [0.3, 0.4) is 0 Å². The van der Waals surface area contributed by atoms with Crippen LogP contribution in [0.2, 0.25) is 0 Å². The van der Waals surface area contributed by atoms with Crippen LogP contribution in [0.5, 0.6) is 0 Å². The molecule has 0 aromatic carbocycles. The maximum Gasteiger partial charge on any atom is 0.193 e. The normalized spacial score (nSPS) is 11.2. The van der Waals surface area contributed by atoms with E-state index in [1.54, 1.807) is 18.4 Å². The number of methoxy groups -OCH3 is 1. The summed E-state index contributed by atoms with van der Waals surface area (Å²) in [6.45, 7) is 1.83. The first kappa shape index (κ1) is 9.64. The molecule has 0 unspecified atom stereocenters. The van der Waals surface area contributed by atoms with Crippen LogP contribution in [0.4, 0.5) is 0 Å². The van der Waals surface area contributed by atoms with E-state index in [0.29, 0.717) is 19.8 Å². The summed E-state index contributed by atoms with van der Waals surface area (Å²) >= 11 is 1.62. The lowest BCUT2D eigenvalue weighted by Crippen LogP contribution is -2.02. The Kier molecular flexibility index (Phi) is 3.13. The van der Waals surface area contributed by atoms with Crippen molar-refractivity contribution in [2.45, 2.75) is 6.61 Å². The SMILES string of the molecule is COCCOCc1cnc2sccn12. The van der Waals surface area contributed by atoms with Crippen molar-refractivity contribution in [3.05, 3.63) is 23.5 Å². The van der Waals surface area contributed by atoms with Crippen LogP contribution < -0.4 is 0 Å². The Bertz CT molecular complexity index is 396. The Labute approximate surface area is 86.1 Å². The Morgan fingerprint density at radius 3 is 3.29 bits per heavy atom. The van der Waals surface area contributed by atoms with Gasteiger partial charge in [-0.1, -0.05) is 0 Å². The molecule has 0 aliphatic rings. The molecule has 0 radical (unpaired) electrons. The Balaban J connectivity index is 1.94. The van der Waals surface area contributed by atoms with Crippen molar-refractivity contribution in [2.75, 3.05) is 20.3 Å². The Hall–Kier alpha value is -0.910. The molecule has 76 valence electrons. The zero-order valence-electron chi connectivity index (χ0n) is 7.97. The monoisotopic (exact) mass is 212 g/mol. The number of thiazole rings is 1. The molecule has 5 heteroatoms. The van der Waals surface area contributed by atoms with E-state index in [9.17, 15) is 0 Å². The van der Waals surface area contributed by atoms with Gasteiger partial charge in [0.1, 0.15) is 0 Å². The minimum Gasteiger partial charge on any atom is -0.382 e. The maximum absolute atomic E-state index is 5.41. The second-order valence-electron chi connectivity index (χ2n) is 2.85. The standard InChI is InChI=1S/C9H12N2O2S/c1-12-3-4-13-7-8-6-10-9-11(8)2-5-14-9/h2,5-6H,3-4,7H2,1H3. The van der Waals surface area contributed by atoms with E-state index in [2.05, 4.69) is 4.98 Å². The molecule has 4 nitrogen and oxygen atoms in total. The van der Waals surface area contributed by atoms with E-state index in [1.807, 2.05) is 22.2 Å². The van der Waals surface area contributed by atoms with Crippen molar-refractivity contribution < 1.29 is 9.47 Å². The minimum atomic E-state index is 0.585. The van der Waals surface area contributed by atoms with Crippen molar-refractivity contribution >= 4 is 16.3 Å². The molecule has 0 atom stereocenters. The summed E-state index contributed by atoms with van der Waals surface area (Å²) in [5, 5.41) is 2.01. The van der Waals surface area contributed by atoms with Gasteiger partial charge < -0.3 is 9.47 Å².